The van der Waals surface area contributed by atoms with Crippen molar-refractivity contribution in [2.45, 2.75) is 13.5 Å². The molecule has 0 amide bonds. The predicted molar refractivity (Wildman–Crippen MR) is 54.2 cm³/mol. The van der Waals surface area contributed by atoms with Crippen LogP contribution in [0.2, 0.25) is 0 Å². The summed E-state index contributed by atoms with van der Waals surface area (Å²) in [7, 11) is 0. The van der Waals surface area contributed by atoms with Gasteiger partial charge in [0.25, 0.3) is 0 Å². The van der Waals surface area contributed by atoms with E-state index in [9.17, 15) is 0 Å². The van der Waals surface area contributed by atoms with Crippen LogP contribution in [-0.2, 0) is 6.54 Å². The Morgan fingerprint density at radius 1 is 1.33 bits per heavy atom. The van der Waals surface area contributed by atoms with Gasteiger partial charge in [-0.2, -0.15) is 0 Å². The lowest BCUT2D eigenvalue weighted by Gasteiger charge is -2.13. The summed E-state index contributed by atoms with van der Waals surface area (Å²) in [5.74, 6) is 3.06. The van der Waals surface area contributed by atoms with Crippen molar-refractivity contribution in [3.63, 3.8) is 0 Å². The molecule has 3 heterocycles. The van der Waals surface area contributed by atoms with Gasteiger partial charge in [-0.3, -0.25) is 4.90 Å². The fourth-order valence-corrected chi connectivity index (χ4v) is 2.67. The number of hydrogen-bond donors (Lipinski definition) is 1. The Labute approximate surface area is 88.9 Å². The van der Waals surface area contributed by atoms with Gasteiger partial charge in [0.15, 0.2) is 0 Å². The molecule has 1 N–H and O–H groups in total. The molecule has 15 heavy (non-hydrogen) atoms. The van der Waals surface area contributed by atoms with E-state index in [0.29, 0.717) is 5.89 Å². The minimum absolute atomic E-state index is 0.658. The lowest BCUT2D eigenvalue weighted by Crippen LogP contribution is -2.25. The molecule has 82 valence electrons. The molecule has 1 aromatic rings. The molecule has 2 unspecified atom stereocenters. The van der Waals surface area contributed by atoms with Crippen LogP contribution in [0.4, 0.5) is 0 Å². The van der Waals surface area contributed by atoms with Crippen LogP contribution >= 0.6 is 0 Å². The van der Waals surface area contributed by atoms with Gasteiger partial charge < -0.3 is 9.73 Å². The molecule has 0 bridgehead atoms. The van der Waals surface area contributed by atoms with Gasteiger partial charge in [-0.05, 0) is 24.9 Å². The third-order valence-corrected chi connectivity index (χ3v) is 3.39. The molecule has 2 fully saturated rings. The molecule has 0 spiro atoms. The van der Waals surface area contributed by atoms with Crippen molar-refractivity contribution >= 4 is 0 Å². The van der Waals surface area contributed by atoms with Gasteiger partial charge >= 0.3 is 0 Å². The molecule has 0 radical (unpaired) electrons. The average Bonchev–Trinajstić information content (AvgIpc) is 2.81. The second-order valence-corrected chi connectivity index (χ2v) is 4.59. The highest BCUT2D eigenvalue weighted by Crippen LogP contribution is 2.27. The van der Waals surface area contributed by atoms with Gasteiger partial charge in [0.1, 0.15) is 0 Å². The lowest BCUT2D eigenvalue weighted by atomic mass is 10.0. The summed E-state index contributed by atoms with van der Waals surface area (Å²) in [5.41, 5.74) is 0. The number of nitrogens with one attached hydrogen (secondary N) is 1. The summed E-state index contributed by atoms with van der Waals surface area (Å²) < 4.78 is 5.39. The second-order valence-electron chi connectivity index (χ2n) is 4.59. The van der Waals surface area contributed by atoms with E-state index in [0.717, 1.165) is 24.3 Å². The molecular weight excluding hydrogens is 192 g/mol. The van der Waals surface area contributed by atoms with Crippen LogP contribution in [0.1, 0.15) is 11.8 Å². The number of likely N-dealkylation sites (tertiary alicyclic amines) is 1. The zero-order chi connectivity index (χ0) is 10.3. The quantitative estimate of drug-likeness (QED) is 0.743. The summed E-state index contributed by atoms with van der Waals surface area (Å²) in [4.78, 5) is 2.42. The van der Waals surface area contributed by atoms with Gasteiger partial charge in [-0.1, -0.05) is 0 Å². The molecule has 5 nitrogen and oxygen atoms in total. The Balaban J connectivity index is 1.61. The number of hydrogen-bond acceptors (Lipinski definition) is 5. The van der Waals surface area contributed by atoms with E-state index in [-0.39, 0.29) is 0 Å². The van der Waals surface area contributed by atoms with Crippen LogP contribution in [0.3, 0.4) is 0 Å². The summed E-state index contributed by atoms with van der Waals surface area (Å²) in [5, 5.41) is 11.3. The monoisotopic (exact) mass is 208 g/mol. The van der Waals surface area contributed by atoms with E-state index < -0.39 is 0 Å². The maximum Gasteiger partial charge on any atom is 0.230 e. The number of aromatic nitrogens is 2. The molecule has 1 aromatic heterocycles. The number of fused-ring (bicyclic) bond motifs is 1. The van der Waals surface area contributed by atoms with Gasteiger partial charge in [0.05, 0.1) is 6.54 Å². The van der Waals surface area contributed by atoms with E-state index in [1.54, 1.807) is 0 Å². The van der Waals surface area contributed by atoms with Crippen LogP contribution in [0.5, 0.6) is 0 Å². The Kier molecular flexibility index (Phi) is 2.21. The first-order valence-corrected chi connectivity index (χ1v) is 5.53. The summed E-state index contributed by atoms with van der Waals surface area (Å²) in [6.45, 7) is 7.32. The fourth-order valence-electron chi connectivity index (χ4n) is 2.67. The Morgan fingerprint density at radius 2 is 2.07 bits per heavy atom. The van der Waals surface area contributed by atoms with Crippen molar-refractivity contribution in [1.82, 2.24) is 20.4 Å². The minimum Gasteiger partial charge on any atom is -0.424 e. The van der Waals surface area contributed by atoms with Crippen LogP contribution in [0, 0.1) is 18.8 Å². The third-order valence-electron chi connectivity index (χ3n) is 3.39. The summed E-state index contributed by atoms with van der Waals surface area (Å²) >= 11 is 0. The van der Waals surface area contributed by atoms with Gasteiger partial charge in [-0.25, -0.2) is 0 Å². The van der Waals surface area contributed by atoms with E-state index >= 15 is 0 Å². The molecule has 2 aliphatic rings. The maximum atomic E-state index is 5.39. The summed E-state index contributed by atoms with van der Waals surface area (Å²) in [6, 6.07) is 0. The van der Waals surface area contributed by atoms with Crippen LogP contribution < -0.4 is 5.32 Å². The largest absolute Gasteiger partial charge is 0.424 e. The standard InChI is InChI=1S/C10H16N4O/c1-7-12-13-10(15-7)6-14-4-8-2-11-3-9(8)5-14/h8-9,11H,2-6H2,1H3. The first-order chi connectivity index (χ1) is 7.31. The highest BCUT2D eigenvalue weighted by atomic mass is 16.4. The van der Waals surface area contributed by atoms with Crippen molar-refractivity contribution in [3.8, 4) is 0 Å². The maximum absolute atomic E-state index is 5.39. The molecule has 3 rings (SSSR count). The Bertz CT molecular complexity index is 339. The number of aryl methyl sites for hydroxylation is 1. The first-order valence-electron chi connectivity index (χ1n) is 5.53. The fraction of sp³-hybridized carbons (Fsp3) is 0.800. The van der Waals surface area contributed by atoms with Crippen molar-refractivity contribution in [1.29, 1.82) is 0 Å². The zero-order valence-corrected chi connectivity index (χ0v) is 8.94. The lowest BCUT2D eigenvalue weighted by molar-refractivity contribution is 0.269. The summed E-state index contributed by atoms with van der Waals surface area (Å²) in [6.07, 6.45) is 0. The highest BCUT2D eigenvalue weighted by molar-refractivity contribution is 4.92. The normalized spacial score (nSPS) is 31.0. The van der Waals surface area contributed by atoms with Crippen molar-refractivity contribution in [2.24, 2.45) is 11.8 Å². The smallest absolute Gasteiger partial charge is 0.230 e. The predicted octanol–water partition coefficient (Wildman–Crippen LogP) is 0.0292. The Hall–Kier alpha value is -0.940. The van der Waals surface area contributed by atoms with Gasteiger partial charge in [0, 0.05) is 20.0 Å². The van der Waals surface area contributed by atoms with Crippen molar-refractivity contribution < 1.29 is 4.42 Å². The molecular formula is C10H16N4O. The van der Waals surface area contributed by atoms with E-state index in [4.69, 9.17) is 4.42 Å². The molecule has 2 atom stereocenters. The molecule has 0 aromatic carbocycles. The molecule has 5 heteroatoms. The van der Waals surface area contributed by atoms with Gasteiger partial charge in [-0.15, -0.1) is 10.2 Å². The number of rotatable bonds is 2. The zero-order valence-electron chi connectivity index (χ0n) is 8.94. The topological polar surface area (TPSA) is 54.2 Å². The van der Waals surface area contributed by atoms with Crippen LogP contribution in [-0.4, -0.2) is 41.3 Å². The Morgan fingerprint density at radius 3 is 2.67 bits per heavy atom. The van der Waals surface area contributed by atoms with Gasteiger partial charge in [0.2, 0.25) is 11.8 Å². The molecule has 2 aliphatic heterocycles. The molecule has 0 saturated carbocycles. The molecule has 0 aliphatic carbocycles. The van der Waals surface area contributed by atoms with Crippen molar-refractivity contribution in [3.05, 3.63) is 11.8 Å². The third kappa shape index (κ3) is 1.77. The van der Waals surface area contributed by atoms with E-state index in [1.165, 1.54) is 26.2 Å². The second kappa shape index (κ2) is 3.57. The highest BCUT2D eigenvalue weighted by Gasteiger charge is 2.36. The van der Waals surface area contributed by atoms with E-state index in [1.807, 2.05) is 6.92 Å². The molecule has 2 saturated heterocycles. The van der Waals surface area contributed by atoms with Crippen LogP contribution in [0.25, 0.3) is 0 Å². The van der Waals surface area contributed by atoms with E-state index in [2.05, 4.69) is 20.4 Å². The average molecular weight is 208 g/mol. The van der Waals surface area contributed by atoms with Crippen molar-refractivity contribution in [2.75, 3.05) is 26.2 Å². The van der Waals surface area contributed by atoms with Crippen LogP contribution in [0.15, 0.2) is 4.42 Å². The first kappa shape index (κ1) is 9.30. The number of nitrogens with zero attached hydrogens (tertiary/aromatic N) is 3. The minimum atomic E-state index is 0.658. The SMILES string of the molecule is Cc1nnc(CN2CC3CNCC3C2)o1.